The summed E-state index contributed by atoms with van der Waals surface area (Å²) in [6.45, 7) is 4.80. The summed E-state index contributed by atoms with van der Waals surface area (Å²) >= 11 is 0. The van der Waals surface area contributed by atoms with Crippen LogP contribution >= 0.6 is 0 Å². The average molecular weight is 381 g/mol. The molecule has 6 nitrogen and oxygen atoms in total. The summed E-state index contributed by atoms with van der Waals surface area (Å²) in [5.74, 6) is 0.850. The summed E-state index contributed by atoms with van der Waals surface area (Å²) in [5, 5.41) is 6.34. The van der Waals surface area contributed by atoms with E-state index in [1.807, 2.05) is 18.2 Å². The first kappa shape index (κ1) is 20.0. The maximum Gasteiger partial charge on any atom is 0.225 e. The minimum Gasteiger partial charge on any atom is -0.496 e. The van der Waals surface area contributed by atoms with Gasteiger partial charge in [-0.1, -0.05) is 18.2 Å². The first-order chi connectivity index (χ1) is 13.6. The van der Waals surface area contributed by atoms with E-state index in [0.717, 1.165) is 30.9 Å². The second-order valence-electron chi connectivity index (χ2n) is 6.93. The second kappa shape index (κ2) is 9.48. The molecule has 1 saturated heterocycles. The molecule has 3 rings (SSSR count). The first-order valence-electron chi connectivity index (χ1n) is 9.57. The Morgan fingerprint density at radius 1 is 1.18 bits per heavy atom. The van der Waals surface area contributed by atoms with Crippen molar-refractivity contribution in [3.05, 3.63) is 59.7 Å². The number of ketones is 1. The van der Waals surface area contributed by atoms with Crippen LogP contribution in [0.5, 0.6) is 5.75 Å². The zero-order chi connectivity index (χ0) is 19.9. The molecule has 1 amide bonds. The van der Waals surface area contributed by atoms with E-state index in [-0.39, 0.29) is 17.7 Å². The van der Waals surface area contributed by atoms with Gasteiger partial charge >= 0.3 is 0 Å². The largest absolute Gasteiger partial charge is 0.496 e. The molecule has 0 spiro atoms. The number of benzene rings is 2. The maximum atomic E-state index is 12.4. The Labute approximate surface area is 165 Å². The highest BCUT2D eigenvalue weighted by atomic mass is 16.5. The van der Waals surface area contributed by atoms with E-state index >= 15 is 0 Å². The molecule has 1 unspecified atom stereocenters. The molecule has 0 radical (unpaired) electrons. The molecule has 1 aliphatic heterocycles. The number of nitrogens with zero attached hydrogens (tertiary/aromatic N) is 1. The average Bonchev–Trinajstić information content (AvgIpc) is 2.73. The van der Waals surface area contributed by atoms with E-state index in [4.69, 9.17) is 4.74 Å². The van der Waals surface area contributed by atoms with Crippen LogP contribution in [-0.2, 0) is 4.79 Å². The zero-order valence-corrected chi connectivity index (χ0v) is 16.4. The van der Waals surface area contributed by atoms with Crippen molar-refractivity contribution in [2.24, 2.45) is 0 Å². The molecule has 1 fully saturated rings. The molecule has 2 N–H and O–H groups in total. The molecule has 1 atom stereocenters. The molecule has 0 saturated carbocycles. The smallest absolute Gasteiger partial charge is 0.225 e. The Morgan fingerprint density at radius 2 is 1.93 bits per heavy atom. The fraction of sp³-hybridized carbons (Fsp3) is 0.364. The lowest BCUT2D eigenvalue weighted by Crippen LogP contribution is -2.46. The van der Waals surface area contributed by atoms with Crippen molar-refractivity contribution in [3.8, 4) is 5.75 Å². The topological polar surface area (TPSA) is 70.7 Å². The molecule has 148 valence electrons. The number of para-hydroxylation sites is 1. The third-order valence-corrected chi connectivity index (χ3v) is 5.05. The summed E-state index contributed by atoms with van der Waals surface area (Å²) in [5.41, 5.74) is 2.48. The number of carbonyl (C=O) groups excluding carboxylic acids is 2. The third kappa shape index (κ3) is 4.97. The van der Waals surface area contributed by atoms with Crippen molar-refractivity contribution >= 4 is 17.4 Å². The number of nitrogens with one attached hydrogen (secondary N) is 2. The van der Waals surface area contributed by atoms with Crippen LogP contribution < -0.4 is 15.4 Å². The molecular weight excluding hydrogens is 354 g/mol. The Hall–Kier alpha value is -2.70. The molecule has 2 aromatic rings. The lowest BCUT2D eigenvalue weighted by atomic mass is 10.0. The number of anilines is 1. The van der Waals surface area contributed by atoms with Gasteiger partial charge in [0.1, 0.15) is 5.75 Å². The first-order valence-corrected chi connectivity index (χ1v) is 9.57. The van der Waals surface area contributed by atoms with Crippen molar-refractivity contribution in [1.29, 1.82) is 0 Å². The molecular formula is C22H27N3O3. The lowest BCUT2D eigenvalue weighted by Gasteiger charge is -2.37. The third-order valence-electron chi connectivity index (χ3n) is 5.05. The molecule has 6 heteroatoms. The Morgan fingerprint density at radius 3 is 2.64 bits per heavy atom. The van der Waals surface area contributed by atoms with Crippen molar-refractivity contribution < 1.29 is 14.3 Å². The van der Waals surface area contributed by atoms with Gasteiger partial charge in [0.15, 0.2) is 5.78 Å². The maximum absolute atomic E-state index is 12.4. The van der Waals surface area contributed by atoms with Crippen LogP contribution in [0.15, 0.2) is 48.5 Å². The summed E-state index contributed by atoms with van der Waals surface area (Å²) in [4.78, 5) is 26.1. The minimum atomic E-state index is -0.0344. The Kier molecular flexibility index (Phi) is 6.79. The summed E-state index contributed by atoms with van der Waals surface area (Å²) in [6, 6.07) is 15.2. The van der Waals surface area contributed by atoms with Crippen molar-refractivity contribution in [2.45, 2.75) is 19.4 Å². The second-order valence-corrected chi connectivity index (χ2v) is 6.93. The SMILES string of the molecule is COc1ccccc1C1CNCCN1CCC(=O)Nc1ccc(C(C)=O)cc1. The molecule has 1 aliphatic rings. The number of piperazine rings is 1. The zero-order valence-electron chi connectivity index (χ0n) is 16.4. The molecule has 0 bridgehead atoms. The fourth-order valence-electron chi connectivity index (χ4n) is 3.52. The van der Waals surface area contributed by atoms with Crippen molar-refractivity contribution in [1.82, 2.24) is 10.2 Å². The van der Waals surface area contributed by atoms with Crippen LogP contribution in [0.3, 0.4) is 0 Å². The number of hydrogen-bond acceptors (Lipinski definition) is 5. The standard InChI is InChI=1S/C22H27N3O3/c1-16(26)17-7-9-18(10-8-17)24-22(27)11-13-25-14-12-23-15-20(25)19-5-3-4-6-21(19)28-2/h3-10,20,23H,11-15H2,1-2H3,(H,24,27). The number of ether oxygens (including phenoxy) is 1. The highest BCUT2D eigenvalue weighted by Crippen LogP contribution is 2.30. The van der Waals surface area contributed by atoms with Crippen LogP contribution in [-0.4, -0.2) is 49.9 Å². The van der Waals surface area contributed by atoms with E-state index in [1.165, 1.54) is 6.92 Å². The highest BCUT2D eigenvalue weighted by molar-refractivity contribution is 5.95. The fourth-order valence-corrected chi connectivity index (χ4v) is 3.52. The monoisotopic (exact) mass is 381 g/mol. The van der Waals surface area contributed by atoms with Gasteiger partial charge in [-0.05, 0) is 37.3 Å². The van der Waals surface area contributed by atoms with E-state index < -0.39 is 0 Å². The summed E-state index contributed by atoms with van der Waals surface area (Å²) < 4.78 is 5.52. The normalized spacial score (nSPS) is 17.1. The van der Waals surface area contributed by atoms with Gasteiger partial charge in [0.25, 0.3) is 0 Å². The van der Waals surface area contributed by atoms with Crippen molar-refractivity contribution in [2.75, 3.05) is 38.6 Å². The van der Waals surface area contributed by atoms with Crippen LogP contribution in [0.4, 0.5) is 5.69 Å². The van der Waals surface area contributed by atoms with Gasteiger partial charge in [0.05, 0.1) is 13.2 Å². The number of rotatable bonds is 7. The van der Waals surface area contributed by atoms with Crippen molar-refractivity contribution in [3.63, 3.8) is 0 Å². The van der Waals surface area contributed by atoms with Gasteiger partial charge in [-0.3, -0.25) is 14.5 Å². The molecule has 1 heterocycles. The van der Waals surface area contributed by atoms with E-state index in [9.17, 15) is 9.59 Å². The predicted molar refractivity (Wildman–Crippen MR) is 110 cm³/mol. The molecule has 2 aromatic carbocycles. The lowest BCUT2D eigenvalue weighted by molar-refractivity contribution is -0.116. The Balaban J connectivity index is 1.60. The van der Waals surface area contributed by atoms with Gasteiger partial charge in [-0.15, -0.1) is 0 Å². The number of Topliss-reactive ketones (excluding diaryl/α,β-unsaturated/α-hetero) is 1. The van der Waals surface area contributed by atoms with Crippen LogP contribution in [0.2, 0.25) is 0 Å². The quantitative estimate of drug-likeness (QED) is 0.722. The van der Waals surface area contributed by atoms with Gasteiger partial charge in [0.2, 0.25) is 5.91 Å². The number of carbonyl (C=O) groups is 2. The predicted octanol–water partition coefficient (Wildman–Crippen LogP) is 2.87. The highest BCUT2D eigenvalue weighted by Gasteiger charge is 2.26. The van der Waals surface area contributed by atoms with Gasteiger partial charge < -0.3 is 15.4 Å². The van der Waals surface area contributed by atoms with E-state index in [2.05, 4.69) is 21.6 Å². The number of amides is 1. The van der Waals surface area contributed by atoms with Crippen LogP contribution in [0.25, 0.3) is 0 Å². The molecule has 0 aliphatic carbocycles. The van der Waals surface area contributed by atoms with E-state index in [1.54, 1.807) is 31.4 Å². The minimum absolute atomic E-state index is 0.0129. The molecule has 28 heavy (non-hydrogen) atoms. The van der Waals surface area contributed by atoms with Crippen LogP contribution in [0, 0.1) is 0 Å². The van der Waals surface area contributed by atoms with E-state index in [0.29, 0.717) is 24.2 Å². The summed E-state index contributed by atoms with van der Waals surface area (Å²) in [6.07, 6.45) is 0.403. The molecule has 0 aromatic heterocycles. The van der Waals surface area contributed by atoms with Gasteiger partial charge in [-0.2, -0.15) is 0 Å². The number of methoxy groups -OCH3 is 1. The summed E-state index contributed by atoms with van der Waals surface area (Å²) in [7, 11) is 1.68. The number of hydrogen-bond donors (Lipinski definition) is 2. The van der Waals surface area contributed by atoms with Gasteiger partial charge in [-0.25, -0.2) is 0 Å². The Bertz CT molecular complexity index is 820. The van der Waals surface area contributed by atoms with Gasteiger partial charge in [0, 0.05) is 49.4 Å². The van der Waals surface area contributed by atoms with Crippen LogP contribution in [0.1, 0.15) is 35.3 Å².